The quantitative estimate of drug-likeness (QED) is 0.290. The molecule has 0 aromatic heterocycles. The van der Waals surface area contributed by atoms with Crippen molar-refractivity contribution < 1.29 is 26.4 Å². The van der Waals surface area contributed by atoms with Gasteiger partial charge in [0.2, 0.25) is 0 Å². The highest BCUT2D eigenvalue weighted by atomic mass is 32.3. The van der Waals surface area contributed by atoms with Crippen molar-refractivity contribution in [1.82, 2.24) is 0 Å². The van der Waals surface area contributed by atoms with E-state index >= 15 is 0 Å². The number of carbonyl (C=O) groups is 2. The van der Waals surface area contributed by atoms with Gasteiger partial charge in [-0.3, -0.25) is 9.59 Å². The minimum Gasteiger partial charge on any atom is -0.299 e. The molecule has 0 aliphatic heterocycles. The number of rotatable bonds is 4. The maximum absolute atomic E-state index is 13.3. The Morgan fingerprint density at radius 3 is 1.38 bits per heavy atom. The molecule has 6 fully saturated rings. The van der Waals surface area contributed by atoms with Crippen molar-refractivity contribution >= 4 is 22.0 Å². The summed E-state index contributed by atoms with van der Waals surface area (Å²) in [5, 5.41) is 0. The van der Waals surface area contributed by atoms with Crippen molar-refractivity contribution in [1.29, 1.82) is 0 Å². The van der Waals surface area contributed by atoms with E-state index < -0.39 is 10.4 Å². The molecule has 0 aromatic rings. The number of carbonyl (C=O) groups excluding carboxylic acids is 2. The molecule has 8 aliphatic rings. The van der Waals surface area contributed by atoms with Crippen LogP contribution in [0, 0.1) is 57.2 Å². The zero-order chi connectivity index (χ0) is 31.6. The van der Waals surface area contributed by atoms with E-state index in [1.807, 2.05) is 0 Å². The lowest BCUT2D eigenvalue weighted by atomic mass is 9.48. The van der Waals surface area contributed by atoms with Gasteiger partial charge in [0.05, 0.1) is 12.2 Å². The van der Waals surface area contributed by atoms with Gasteiger partial charge in [-0.05, 0) is 136 Å². The fourth-order valence-corrected chi connectivity index (χ4v) is 14.4. The van der Waals surface area contributed by atoms with Gasteiger partial charge in [-0.1, -0.05) is 51.0 Å². The fraction of sp³-hybridized carbons (Fsp3) is 0.842. The Bertz CT molecular complexity index is 1360. The van der Waals surface area contributed by atoms with E-state index in [0.717, 1.165) is 89.9 Å². The molecule has 45 heavy (non-hydrogen) atoms. The molecule has 0 saturated heterocycles. The third-order valence-corrected chi connectivity index (χ3v) is 17.1. The lowest BCUT2D eigenvalue weighted by molar-refractivity contribution is -0.132. The minimum absolute atomic E-state index is 0.0713. The summed E-state index contributed by atoms with van der Waals surface area (Å²) >= 11 is 0. The molecule has 0 unspecified atom stereocenters. The lowest BCUT2D eigenvalue weighted by Crippen LogP contribution is -2.51. The maximum atomic E-state index is 13.3. The van der Waals surface area contributed by atoms with Gasteiger partial charge in [-0.2, -0.15) is 8.42 Å². The van der Waals surface area contributed by atoms with E-state index in [0.29, 0.717) is 59.9 Å². The van der Waals surface area contributed by atoms with Gasteiger partial charge in [0, 0.05) is 23.7 Å². The number of fused-ring (bicyclic) bond motifs is 10. The molecule has 6 nitrogen and oxygen atoms in total. The average molecular weight is 639 g/mol. The lowest BCUT2D eigenvalue weighted by Gasteiger charge is -2.57. The standard InChI is InChI=1S/C38H54O6S/c1-35-17-13-25(21-23(35)5-7-27-29-9-11-33(39)37(29,3)19-15-31(27)35)43-45(41,42)44-26-14-18-36(2)24(22-26)6-8-28-30-10-12-34(40)38(30,4)20-16-32(28)36/h5-6,25-32H,7-22H2,1-4H3/t25-,26-,27-,28-,29-,30-,31-,32-,35-,36-,37-,38-/m0/s1. The molecule has 0 N–H and O–H groups in total. The molecule has 248 valence electrons. The van der Waals surface area contributed by atoms with Crippen LogP contribution in [0.2, 0.25) is 0 Å². The number of hydrogen-bond acceptors (Lipinski definition) is 6. The SMILES string of the molecule is C[C@]12CC[C@H](OS(=O)(=O)O[C@H]3CC[C@@]4(C)C(=CC[C@@H]5[C@@H]4CC[C@]4(C)C(=O)CC[C@@H]54)C3)CC1=CC[C@@H]1[C@@H]2CC[C@]2(C)C(=O)CC[C@@H]12. The van der Waals surface area contributed by atoms with E-state index in [-0.39, 0.29) is 33.9 Å². The van der Waals surface area contributed by atoms with Gasteiger partial charge in [0.25, 0.3) is 0 Å². The molecule has 0 bridgehead atoms. The first-order chi connectivity index (χ1) is 21.3. The second-order valence-corrected chi connectivity index (χ2v) is 18.9. The van der Waals surface area contributed by atoms with Crippen molar-refractivity contribution in [2.75, 3.05) is 0 Å². The summed E-state index contributed by atoms with van der Waals surface area (Å²) in [6.07, 6.45) is 18.4. The van der Waals surface area contributed by atoms with E-state index in [1.54, 1.807) is 0 Å². The van der Waals surface area contributed by atoms with E-state index in [2.05, 4.69) is 39.8 Å². The molecule has 0 amide bonds. The van der Waals surface area contributed by atoms with E-state index in [1.165, 1.54) is 11.1 Å². The number of allylic oxidation sites excluding steroid dienone is 2. The summed E-state index contributed by atoms with van der Waals surface area (Å²) in [5.41, 5.74) is 2.62. The zero-order valence-electron chi connectivity index (χ0n) is 27.9. The average Bonchev–Trinajstić information content (AvgIpc) is 3.47. The van der Waals surface area contributed by atoms with Gasteiger partial charge in [0.1, 0.15) is 11.6 Å². The molecular weight excluding hydrogens is 584 g/mol. The highest BCUT2D eigenvalue weighted by Gasteiger charge is 2.60. The van der Waals surface area contributed by atoms with Crippen LogP contribution in [-0.2, 0) is 28.4 Å². The highest BCUT2D eigenvalue weighted by Crippen LogP contribution is 2.66. The van der Waals surface area contributed by atoms with Crippen LogP contribution in [0.15, 0.2) is 23.3 Å². The predicted molar refractivity (Wildman–Crippen MR) is 172 cm³/mol. The Hall–Kier alpha value is -1.31. The van der Waals surface area contributed by atoms with Crippen molar-refractivity contribution in [3.8, 4) is 0 Å². The zero-order valence-corrected chi connectivity index (χ0v) is 28.8. The third kappa shape index (κ3) is 4.55. The van der Waals surface area contributed by atoms with Crippen molar-refractivity contribution in [2.45, 2.75) is 143 Å². The second-order valence-electron chi connectivity index (χ2n) is 17.7. The summed E-state index contributed by atoms with van der Waals surface area (Å²) in [5.74, 6) is 4.21. The molecule has 7 heteroatoms. The number of ketones is 2. The second kappa shape index (κ2) is 10.3. The Morgan fingerprint density at radius 1 is 0.578 bits per heavy atom. The Kier molecular flexibility index (Phi) is 7.12. The Morgan fingerprint density at radius 2 is 0.956 bits per heavy atom. The van der Waals surface area contributed by atoms with Crippen molar-refractivity contribution in [3.63, 3.8) is 0 Å². The summed E-state index contributed by atoms with van der Waals surface area (Å²) < 4.78 is 38.4. The Balaban J connectivity index is 0.911. The molecule has 6 saturated carbocycles. The van der Waals surface area contributed by atoms with Crippen LogP contribution in [0.1, 0.15) is 130 Å². The number of hydrogen-bond donors (Lipinski definition) is 0. The van der Waals surface area contributed by atoms with Gasteiger partial charge in [-0.15, -0.1) is 0 Å². The molecule has 8 rings (SSSR count). The Labute approximate surface area is 270 Å². The summed E-state index contributed by atoms with van der Waals surface area (Å²) in [6.45, 7) is 9.24. The van der Waals surface area contributed by atoms with Gasteiger partial charge < -0.3 is 0 Å². The first-order valence-corrected chi connectivity index (χ1v) is 19.7. The third-order valence-electron chi connectivity index (χ3n) is 16.0. The smallest absolute Gasteiger partial charge is 0.299 e. The van der Waals surface area contributed by atoms with Crippen LogP contribution < -0.4 is 0 Å². The first kappa shape index (κ1) is 31.0. The predicted octanol–water partition coefficient (Wildman–Crippen LogP) is 8.07. The van der Waals surface area contributed by atoms with Crippen LogP contribution in [0.4, 0.5) is 0 Å². The minimum atomic E-state index is -4.12. The monoisotopic (exact) mass is 638 g/mol. The summed E-state index contributed by atoms with van der Waals surface area (Å²) in [4.78, 5) is 25.5. The van der Waals surface area contributed by atoms with E-state index in [9.17, 15) is 18.0 Å². The van der Waals surface area contributed by atoms with Crippen LogP contribution in [0.5, 0.6) is 0 Å². The highest BCUT2D eigenvalue weighted by molar-refractivity contribution is 7.81. The molecule has 0 aromatic carbocycles. The van der Waals surface area contributed by atoms with Gasteiger partial charge in [0.15, 0.2) is 0 Å². The molecule has 0 spiro atoms. The van der Waals surface area contributed by atoms with Crippen LogP contribution in [0.25, 0.3) is 0 Å². The summed E-state index contributed by atoms with van der Waals surface area (Å²) in [6, 6.07) is 0. The van der Waals surface area contributed by atoms with Crippen molar-refractivity contribution in [3.05, 3.63) is 23.3 Å². The van der Waals surface area contributed by atoms with Gasteiger partial charge in [-0.25, -0.2) is 8.37 Å². The topological polar surface area (TPSA) is 86.7 Å². The fourth-order valence-electron chi connectivity index (χ4n) is 13.3. The van der Waals surface area contributed by atoms with Crippen LogP contribution in [-0.4, -0.2) is 32.2 Å². The maximum Gasteiger partial charge on any atom is 0.400 e. The normalized spacial score (nSPS) is 50.8. The largest absolute Gasteiger partial charge is 0.400 e. The number of Topliss-reactive ketones (excluding diaryl/α,β-unsaturated/α-hetero) is 2. The first-order valence-electron chi connectivity index (χ1n) is 18.3. The molecule has 12 atom stereocenters. The molecule has 0 radical (unpaired) electrons. The van der Waals surface area contributed by atoms with Crippen LogP contribution in [0.3, 0.4) is 0 Å². The van der Waals surface area contributed by atoms with Gasteiger partial charge >= 0.3 is 10.4 Å². The van der Waals surface area contributed by atoms with Crippen LogP contribution >= 0.6 is 0 Å². The summed E-state index contributed by atoms with van der Waals surface area (Å²) in [7, 11) is -4.12. The molecule has 0 heterocycles. The van der Waals surface area contributed by atoms with E-state index in [4.69, 9.17) is 8.37 Å². The molecular formula is C38H54O6S. The molecule has 8 aliphatic carbocycles. The van der Waals surface area contributed by atoms with Crippen molar-refractivity contribution in [2.24, 2.45) is 57.2 Å².